The fourth-order valence-electron chi connectivity index (χ4n) is 2.00. The molecule has 1 aromatic carbocycles. The van der Waals surface area contributed by atoms with Gasteiger partial charge in [-0.1, -0.05) is 12.1 Å². The topological polar surface area (TPSA) is 58.6 Å². The van der Waals surface area contributed by atoms with Crippen molar-refractivity contribution in [3.05, 3.63) is 35.4 Å². The van der Waals surface area contributed by atoms with Gasteiger partial charge in [-0.2, -0.15) is 0 Å². The highest BCUT2D eigenvalue weighted by Crippen LogP contribution is 2.22. The number of carboxylic acid groups (broad SMARTS) is 1. The number of carbonyl (C=O) groups is 1. The SMILES string of the molecule is COC1CC(NCc2cccc(C(=O)O)c2)C1. The smallest absolute Gasteiger partial charge is 0.335 e. The fraction of sp³-hybridized carbons (Fsp3) is 0.462. The van der Waals surface area contributed by atoms with Crippen molar-refractivity contribution in [1.29, 1.82) is 0 Å². The van der Waals surface area contributed by atoms with Gasteiger partial charge in [-0.05, 0) is 30.5 Å². The van der Waals surface area contributed by atoms with Gasteiger partial charge in [-0.25, -0.2) is 4.79 Å². The van der Waals surface area contributed by atoms with Crippen LogP contribution in [-0.2, 0) is 11.3 Å². The van der Waals surface area contributed by atoms with Crippen molar-refractivity contribution in [2.75, 3.05) is 7.11 Å². The monoisotopic (exact) mass is 235 g/mol. The molecule has 92 valence electrons. The third kappa shape index (κ3) is 3.05. The van der Waals surface area contributed by atoms with Gasteiger partial charge in [0.05, 0.1) is 11.7 Å². The minimum atomic E-state index is -0.880. The number of aromatic carboxylic acids is 1. The summed E-state index contributed by atoms with van der Waals surface area (Å²) in [5, 5.41) is 12.3. The second-order valence-corrected chi connectivity index (χ2v) is 4.41. The second-order valence-electron chi connectivity index (χ2n) is 4.41. The second kappa shape index (κ2) is 5.29. The Bertz CT molecular complexity index is 399. The summed E-state index contributed by atoms with van der Waals surface area (Å²) in [6.07, 6.45) is 2.46. The van der Waals surface area contributed by atoms with Gasteiger partial charge in [-0.15, -0.1) is 0 Å². The number of ether oxygens (including phenoxy) is 1. The molecule has 0 amide bonds. The molecule has 0 saturated heterocycles. The summed E-state index contributed by atoms with van der Waals surface area (Å²) in [4.78, 5) is 10.8. The fourth-order valence-corrected chi connectivity index (χ4v) is 2.00. The van der Waals surface area contributed by atoms with Crippen molar-refractivity contribution in [2.24, 2.45) is 0 Å². The standard InChI is InChI=1S/C13H17NO3/c1-17-12-6-11(7-12)14-8-9-3-2-4-10(5-9)13(15)16/h2-5,11-12,14H,6-8H2,1H3,(H,15,16). The highest BCUT2D eigenvalue weighted by molar-refractivity contribution is 5.87. The van der Waals surface area contributed by atoms with E-state index in [1.165, 1.54) is 0 Å². The molecule has 1 aliphatic carbocycles. The Kier molecular flexibility index (Phi) is 3.76. The highest BCUT2D eigenvalue weighted by Gasteiger charge is 2.28. The Labute approximate surface area is 101 Å². The van der Waals surface area contributed by atoms with E-state index in [1.54, 1.807) is 25.3 Å². The summed E-state index contributed by atoms with van der Waals surface area (Å²) < 4.78 is 5.20. The predicted molar refractivity (Wildman–Crippen MR) is 64.1 cm³/mol. The van der Waals surface area contributed by atoms with Crippen molar-refractivity contribution < 1.29 is 14.6 Å². The minimum Gasteiger partial charge on any atom is -0.478 e. The first kappa shape index (κ1) is 12.1. The Morgan fingerprint density at radius 2 is 2.29 bits per heavy atom. The molecule has 2 N–H and O–H groups in total. The number of hydrogen-bond acceptors (Lipinski definition) is 3. The summed E-state index contributed by atoms with van der Waals surface area (Å²) >= 11 is 0. The van der Waals surface area contributed by atoms with Crippen LogP contribution in [0.3, 0.4) is 0 Å². The van der Waals surface area contributed by atoms with Crippen LogP contribution in [0, 0.1) is 0 Å². The first-order valence-electron chi connectivity index (χ1n) is 5.77. The molecule has 0 spiro atoms. The molecule has 17 heavy (non-hydrogen) atoms. The van der Waals surface area contributed by atoms with Crippen LogP contribution in [0.1, 0.15) is 28.8 Å². The summed E-state index contributed by atoms with van der Waals surface area (Å²) in [5.74, 6) is -0.880. The molecule has 0 heterocycles. The first-order valence-corrected chi connectivity index (χ1v) is 5.77. The van der Waals surface area contributed by atoms with Gasteiger partial charge in [0.25, 0.3) is 0 Å². The van der Waals surface area contributed by atoms with Crippen LogP contribution >= 0.6 is 0 Å². The van der Waals surface area contributed by atoms with Gasteiger partial charge in [0, 0.05) is 19.7 Å². The predicted octanol–water partition coefficient (Wildman–Crippen LogP) is 1.65. The van der Waals surface area contributed by atoms with Crippen LogP contribution < -0.4 is 5.32 Å². The Morgan fingerprint density at radius 3 is 2.94 bits per heavy atom. The zero-order chi connectivity index (χ0) is 12.3. The summed E-state index contributed by atoms with van der Waals surface area (Å²) in [6.45, 7) is 0.711. The molecule has 0 atom stereocenters. The van der Waals surface area contributed by atoms with Gasteiger partial charge >= 0.3 is 5.97 Å². The molecule has 0 unspecified atom stereocenters. The van der Waals surface area contributed by atoms with E-state index in [4.69, 9.17) is 9.84 Å². The third-order valence-electron chi connectivity index (χ3n) is 3.20. The lowest BCUT2D eigenvalue weighted by molar-refractivity contribution is 0.0170. The van der Waals surface area contributed by atoms with Crippen molar-refractivity contribution in [3.63, 3.8) is 0 Å². The largest absolute Gasteiger partial charge is 0.478 e. The van der Waals surface area contributed by atoms with Gasteiger partial charge in [0.1, 0.15) is 0 Å². The van der Waals surface area contributed by atoms with Crippen LogP contribution in [0.15, 0.2) is 24.3 Å². The van der Waals surface area contributed by atoms with Crippen LogP contribution in [0.25, 0.3) is 0 Å². The molecule has 0 aliphatic heterocycles. The van der Waals surface area contributed by atoms with E-state index in [0.29, 0.717) is 24.3 Å². The molecular weight excluding hydrogens is 218 g/mol. The van der Waals surface area contributed by atoms with Gasteiger partial charge in [0.15, 0.2) is 0 Å². The average Bonchev–Trinajstić information content (AvgIpc) is 2.27. The molecule has 1 fully saturated rings. The molecule has 0 aromatic heterocycles. The zero-order valence-electron chi connectivity index (χ0n) is 9.85. The number of carboxylic acids is 1. The van der Waals surface area contributed by atoms with Crippen LogP contribution in [0.4, 0.5) is 0 Å². The maximum absolute atomic E-state index is 10.8. The molecule has 1 aliphatic rings. The molecule has 1 saturated carbocycles. The van der Waals surface area contributed by atoms with E-state index in [-0.39, 0.29) is 0 Å². The quantitative estimate of drug-likeness (QED) is 0.814. The summed E-state index contributed by atoms with van der Waals surface area (Å²) in [7, 11) is 1.73. The number of benzene rings is 1. The van der Waals surface area contributed by atoms with E-state index >= 15 is 0 Å². The lowest BCUT2D eigenvalue weighted by Crippen LogP contribution is -2.44. The van der Waals surface area contributed by atoms with Gasteiger partial charge in [-0.3, -0.25) is 0 Å². The molecule has 0 radical (unpaired) electrons. The highest BCUT2D eigenvalue weighted by atomic mass is 16.5. The van der Waals surface area contributed by atoms with E-state index in [1.807, 2.05) is 6.07 Å². The van der Waals surface area contributed by atoms with Crippen LogP contribution in [0.2, 0.25) is 0 Å². The molecular formula is C13H17NO3. The van der Waals surface area contributed by atoms with Crippen LogP contribution in [-0.4, -0.2) is 30.3 Å². The maximum atomic E-state index is 10.8. The third-order valence-corrected chi connectivity index (χ3v) is 3.20. The molecule has 4 nitrogen and oxygen atoms in total. The van der Waals surface area contributed by atoms with Crippen molar-refractivity contribution in [3.8, 4) is 0 Å². The summed E-state index contributed by atoms with van der Waals surface area (Å²) in [5.41, 5.74) is 1.35. The van der Waals surface area contributed by atoms with E-state index < -0.39 is 5.97 Å². The Balaban J connectivity index is 1.83. The number of rotatable bonds is 5. The molecule has 2 rings (SSSR count). The molecule has 4 heteroatoms. The van der Waals surface area contributed by atoms with E-state index in [0.717, 1.165) is 18.4 Å². The number of methoxy groups -OCH3 is 1. The van der Waals surface area contributed by atoms with Crippen molar-refractivity contribution in [1.82, 2.24) is 5.32 Å². The zero-order valence-corrected chi connectivity index (χ0v) is 9.85. The lowest BCUT2D eigenvalue weighted by atomic mass is 9.89. The van der Waals surface area contributed by atoms with Gasteiger partial charge in [0.2, 0.25) is 0 Å². The minimum absolute atomic E-state index is 0.340. The maximum Gasteiger partial charge on any atom is 0.335 e. The molecule has 0 bridgehead atoms. The summed E-state index contributed by atoms with van der Waals surface area (Å²) in [6, 6.07) is 7.52. The van der Waals surface area contributed by atoms with Crippen molar-refractivity contribution >= 4 is 5.97 Å². The van der Waals surface area contributed by atoms with Crippen LogP contribution in [0.5, 0.6) is 0 Å². The van der Waals surface area contributed by atoms with E-state index in [9.17, 15) is 4.79 Å². The first-order chi connectivity index (χ1) is 8.19. The molecule has 1 aromatic rings. The average molecular weight is 235 g/mol. The Hall–Kier alpha value is -1.39. The number of nitrogens with one attached hydrogen (secondary N) is 1. The van der Waals surface area contributed by atoms with Gasteiger partial charge < -0.3 is 15.2 Å². The Morgan fingerprint density at radius 1 is 1.53 bits per heavy atom. The normalized spacial score (nSPS) is 23.1. The lowest BCUT2D eigenvalue weighted by Gasteiger charge is -2.34. The van der Waals surface area contributed by atoms with Crippen molar-refractivity contribution in [2.45, 2.75) is 31.5 Å². The van der Waals surface area contributed by atoms with E-state index in [2.05, 4.69) is 5.32 Å². The number of hydrogen-bond donors (Lipinski definition) is 2.